The zero-order valence-electron chi connectivity index (χ0n) is 20.1. The number of hydrogen-bond donors (Lipinski definition) is 0. The van der Waals surface area contributed by atoms with Crippen LogP contribution in [-0.2, 0) is 16.1 Å². The summed E-state index contributed by atoms with van der Waals surface area (Å²) in [5.74, 6) is 1.41. The van der Waals surface area contributed by atoms with Gasteiger partial charge in [0, 0.05) is 38.6 Å². The van der Waals surface area contributed by atoms with Gasteiger partial charge in [-0.2, -0.15) is 5.26 Å². The maximum absolute atomic E-state index is 12.9. The Kier molecular flexibility index (Phi) is 8.56. The van der Waals surface area contributed by atoms with E-state index in [1.165, 1.54) is 19.3 Å². The van der Waals surface area contributed by atoms with E-state index in [2.05, 4.69) is 21.9 Å². The van der Waals surface area contributed by atoms with Crippen molar-refractivity contribution in [3.05, 3.63) is 65.2 Å². The molecule has 2 fully saturated rings. The van der Waals surface area contributed by atoms with Crippen LogP contribution < -0.4 is 4.74 Å². The number of amides is 1. The number of carbonyl (C=O) groups excluding carboxylic acids is 1. The van der Waals surface area contributed by atoms with Gasteiger partial charge in [-0.1, -0.05) is 43.5 Å². The van der Waals surface area contributed by atoms with Gasteiger partial charge in [0.1, 0.15) is 5.75 Å². The summed E-state index contributed by atoms with van der Waals surface area (Å²) in [4.78, 5) is 17.4. The molecular weight excluding hydrogens is 426 g/mol. The highest BCUT2D eigenvalue weighted by Crippen LogP contribution is 2.27. The summed E-state index contributed by atoms with van der Waals surface area (Å²) in [5, 5.41) is 9.03. The normalized spacial score (nSPS) is 18.3. The van der Waals surface area contributed by atoms with Gasteiger partial charge < -0.3 is 14.4 Å². The second-order valence-electron chi connectivity index (χ2n) is 9.35. The lowest BCUT2D eigenvalue weighted by Gasteiger charge is -2.38. The molecule has 2 aliphatic rings. The van der Waals surface area contributed by atoms with Crippen molar-refractivity contribution in [3.8, 4) is 11.8 Å². The van der Waals surface area contributed by atoms with Crippen molar-refractivity contribution in [2.75, 3.05) is 39.8 Å². The Morgan fingerprint density at radius 2 is 1.79 bits per heavy atom. The summed E-state index contributed by atoms with van der Waals surface area (Å²) in [6.07, 6.45) is 5.64. The van der Waals surface area contributed by atoms with Gasteiger partial charge in [-0.15, -0.1) is 0 Å². The van der Waals surface area contributed by atoms with Crippen LogP contribution >= 0.6 is 0 Å². The van der Waals surface area contributed by atoms with Crippen molar-refractivity contribution in [1.29, 1.82) is 5.26 Å². The SMILES string of the molecule is COc1cccc(C(CN2CCN(C(=O)C3CCCCC3)CC2)OCc2ccc(C#N)cc2)c1. The molecule has 34 heavy (non-hydrogen) atoms. The molecule has 1 atom stereocenters. The van der Waals surface area contributed by atoms with Gasteiger partial charge in [0.05, 0.1) is 31.5 Å². The Balaban J connectivity index is 1.38. The summed E-state index contributed by atoms with van der Waals surface area (Å²) in [6, 6.07) is 17.7. The zero-order valence-corrected chi connectivity index (χ0v) is 20.1. The van der Waals surface area contributed by atoms with Crippen LogP contribution in [0.2, 0.25) is 0 Å². The van der Waals surface area contributed by atoms with Crippen LogP contribution in [0.25, 0.3) is 0 Å². The Bertz CT molecular complexity index is 971. The van der Waals surface area contributed by atoms with Gasteiger partial charge in [-0.25, -0.2) is 0 Å². The van der Waals surface area contributed by atoms with Gasteiger partial charge in [0.25, 0.3) is 0 Å². The maximum Gasteiger partial charge on any atom is 0.225 e. The highest BCUT2D eigenvalue weighted by atomic mass is 16.5. The molecule has 1 amide bonds. The lowest BCUT2D eigenvalue weighted by atomic mass is 9.88. The fourth-order valence-corrected chi connectivity index (χ4v) is 4.96. The van der Waals surface area contributed by atoms with Gasteiger partial charge in [-0.3, -0.25) is 9.69 Å². The average molecular weight is 462 g/mol. The first-order valence-electron chi connectivity index (χ1n) is 12.4. The van der Waals surface area contributed by atoms with E-state index in [9.17, 15) is 4.79 Å². The second kappa shape index (κ2) is 12.0. The van der Waals surface area contributed by atoms with Crippen LogP contribution in [0.4, 0.5) is 0 Å². The van der Waals surface area contributed by atoms with E-state index >= 15 is 0 Å². The number of rotatable bonds is 8. The predicted octanol–water partition coefficient (Wildman–Crippen LogP) is 4.55. The van der Waals surface area contributed by atoms with Crippen molar-refractivity contribution in [2.24, 2.45) is 5.92 Å². The second-order valence-corrected chi connectivity index (χ2v) is 9.35. The van der Waals surface area contributed by atoms with E-state index in [-0.39, 0.29) is 12.0 Å². The molecule has 0 spiro atoms. The van der Waals surface area contributed by atoms with Gasteiger partial charge in [0.15, 0.2) is 0 Å². The number of piperazine rings is 1. The van der Waals surface area contributed by atoms with Crippen LogP contribution in [0.3, 0.4) is 0 Å². The molecule has 1 saturated heterocycles. The molecule has 6 nitrogen and oxygen atoms in total. The first-order valence-corrected chi connectivity index (χ1v) is 12.4. The Morgan fingerprint density at radius 1 is 1.06 bits per heavy atom. The molecule has 0 bridgehead atoms. The summed E-state index contributed by atoms with van der Waals surface area (Å²) in [5.41, 5.74) is 2.76. The van der Waals surface area contributed by atoms with Crippen molar-refractivity contribution < 1.29 is 14.3 Å². The number of nitrogens with zero attached hydrogens (tertiary/aromatic N) is 3. The lowest BCUT2D eigenvalue weighted by Crippen LogP contribution is -2.51. The van der Waals surface area contributed by atoms with Crippen molar-refractivity contribution in [1.82, 2.24) is 9.80 Å². The molecule has 1 aliphatic carbocycles. The molecule has 1 heterocycles. The minimum atomic E-state index is -0.119. The third-order valence-corrected chi connectivity index (χ3v) is 7.06. The van der Waals surface area contributed by atoms with Crippen molar-refractivity contribution >= 4 is 5.91 Å². The van der Waals surface area contributed by atoms with E-state index in [1.807, 2.05) is 42.5 Å². The summed E-state index contributed by atoms with van der Waals surface area (Å²) in [6.45, 7) is 4.52. The topological polar surface area (TPSA) is 65.8 Å². The van der Waals surface area contributed by atoms with E-state index in [0.29, 0.717) is 18.1 Å². The largest absolute Gasteiger partial charge is 0.497 e. The molecule has 1 aliphatic heterocycles. The van der Waals surface area contributed by atoms with E-state index in [4.69, 9.17) is 14.7 Å². The molecule has 180 valence electrons. The molecule has 1 saturated carbocycles. The fraction of sp³-hybridized carbons (Fsp3) is 0.500. The Morgan fingerprint density at radius 3 is 2.47 bits per heavy atom. The quantitative estimate of drug-likeness (QED) is 0.577. The minimum Gasteiger partial charge on any atom is -0.497 e. The number of methoxy groups -OCH3 is 1. The van der Waals surface area contributed by atoms with Crippen molar-refractivity contribution in [2.45, 2.75) is 44.8 Å². The van der Waals surface area contributed by atoms with Crippen LogP contribution in [-0.4, -0.2) is 55.5 Å². The molecule has 2 aromatic rings. The van der Waals surface area contributed by atoms with Gasteiger partial charge in [0.2, 0.25) is 5.91 Å². The fourth-order valence-electron chi connectivity index (χ4n) is 4.96. The number of ether oxygens (including phenoxy) is 2. The molecule has 0 aromatic heterocycles. The number of carbonyl (C=O) groups is 1. The van der Waals surface area contributed by atoms with E-state index in [0.717, 1.165) is 62.4 Å². The molecule has 2 aromatic carbocycles. The first-order chi connectivity index (χ1) is 16.7. The average Bonchev–Trinajstić information content (AvgIpc) is 2.91. The third-order valence-electron chi connectivity index (χ3n) is 7.06. The first kappa shape index (κ1) is 24.3. The number of benzene rings is 2. The highest BCUT2D eigenvalue weighted by molar-refractivity contribution is 5.79. The number of hydrogen-bond acceptors (Lipinski definition) is 5. The minimum absolute atomic E-state index is 0.119. The van der Waals surface area contributed by atoms with Gasteiger partial charge in [-0.05, 0) is 48.2 Å². The Labute approximate surface area is 203 Å². The van der Waals surface area contributed by atoms with E-state index in [1.54, 1.807) is 7.11 Å². The van der Waals surface area contributed by atoms with Gasteiger partial charge >= 0.3 is 0 Å². The molecule has 6 heteroatoms. The molecular formula is C28H35N3O3. The summed E-state index contributed by atoms with van der Waals surface area (Å²) < 4.78 is 11.8. The predicted molar refractivity (Wildman–Crippen MR) is 131 cm³/mol. The summed E-state index contributed by atoms with van der Waals surface area (Å²) >= 11 is 0. The van der Waals surface area contributed by atoms with Crippen LogP contribution in [0.15, 0.2) is 48.5 Å². The monoisotopic (exact) mass is 461 g/mol. The highest BCUT2D eigenvalue weighted by Gasteiger charge is 2.29. The van der Waals surface area contributed by atoms with Crippen LogP contribution in [0.1, 0.15) is 54.9 Å². The maximum atomic E-state index is 12.9. The molecule has 1 unspecified atom stereocenters. The van der Waals surface area contributed by atoms with Crippen molar-refractivity contribution in [3.63, 3.8) is 0 Å². The third kappa shape index (κ3) is 6.37. The van der Waals surface area contributed by atoms with E-state index < -0.39 is 0 Å². The summed E-state index contributed by atoms with van der Waals surface area (Å²) in [7, 11) is 1.67. The zero-order chi connectivity index (χ0) is 23.8. The standard InChI is InChI=1S/C28H35N3O3/c1-33-26-9-5-8-25(18-26)27(34-21-23-12-10-22(19-29)11-13-23)20-30-14-16-31(17-15-30)28(32)24-6-3-2-4-7-24/h5,8-13,18,24,27H,2-4,6-7,14-17,20-21H2,1H3. The van der Waals surface area contributed by atoms with Crippen LogP contribution in [0.5, 0.6) is 5.75 Å². The lowest BCUT2D eigenvalue weighted by molar-refractivity contribution is -0.138. The number of nitriles is 1. The smallest absolute Gasteiger partial charge is 0.225 e. The molecule has 0 N–H and O–H groups in total. The molecule has 0 radical (unpaired) electrons. The Hall–Kier alpha value is -2.88. The van der Waals surface area contributed by atoms with Crippen LogP contribution in [0, 0.1) is 17.2 Å². The molecule has 4 rings (SSSR count).